The van der Waals surface area contributed by atoms with Gasteiger partial charge in [0, 0.05) is 12.2 Å². The first-order chi connectivity index (χ1) is 9.08. The predicted molar refractivity (Wildman–Crippen MR) is 64.4 cm³/mol. The van der Waals surface area contributed by atoms with E-state index < -0.39 is 28.8 Å². The van der Waals surface area contributed by atoms with Gasteiger partial charge in [0.15, 0.2) is 0 Å². The highest BCUT2D eigenvalue weighted by Gasteiger charge is 2.38. The van der Waals surface area contributed by atoms with Crippen molar-refractivity contribution in [1.82, 2.24) is 14.1 Å². The first-order valence-electron chi connectivity index (χ1n) is 5.80. The molecule has 0 radical (unpaired) electrons. The zero-order valence-electron chi connectivity index (χ0n) is 11.0. The van der Waals surface area contributed by atoms with Crippen LogP contribution in [0, 0.1) is 0 Å². The largest absolute Gasteiger partial charge is 0.402 e. The number of hydrogen-bond acceptors (Lipinski definition) is 4. The second-order valence-corrected chi connectivity index (χ2v) is 6.31. The van der Waals surface area contributed by atoms with Gasteiger partial charge < -0.3 is 5.11 Å². The van der Waals surface area contributed by atoms with E-state index in [1.807, 2.05) is 0 Å². The van der Waals surface area contributed by atoms with Gasteiger partial charge in [0.2, 0.25) is 10.0 Å². The lowest BCUT2D eigenvalue weighted by molar-refractivity contribution is -0.138. The monoisotopic (exact) mass is 315 g/mol. The number of rotatable bonds is 6. The molecule has 0 aromatic carbocycles. The maximum absolute atomic E-state index is 12.5. The van der Waals surface area contributed by atoms with Gasteiger partial charge in [-0.15, -0.1) is 0 Å². The molecular formula is C10H16F3N3O3S. The van der Waals surface area contributed by atoms with E-state index >= 15 is 0 Å². The highest BCUT2D eigenvalue weighted by molar-refractivity contribution is 7.89. The number of aliphatic hydroxyl groups is 1. The van der Waals surface area contributed by atoms with Crippen molar-refractivity contribution in [3.05, 3.63) is 12.4 Å². The van der Waals surface area contributed by atoms with Crippen molar-refractivity contribution in [2.45, 2.75) is 37.5 Å². The molecule has 0 saturated carbocycles. The molecule has 20 heavy (non-hydrogen) atoms. The fraction of sp³-hybridized carbons (Fsp3) is 0.700. The number of aromatic nitrogens is 2. The Morgan fingerprint density at radius 2 is 2.05 bits per heavy atom. The Hall–Kier alpha value is -1.13. The second kappa shape index (κ2) is 6.10. The van der Waals surface area contributed by atoms with E-state index in [1.165, 1.54) is 13.8 Å². The quantitative estimate of drug-likeness (QED) is 0.844. The van der Waals surface area contributed by atoms with Gasteiger partial charge in [-0.1, -0.05) is 0 Å². The highest BCUT2D eigenvalue weighted by Crippen LogP contribution is 2.24. The summed E-state index contributed by atoms with van der Waals surface area (Å²) < 4.78 is 63.3. The summed E-state index contributed by atoms with van der Waals surface area (Å²) >= 11 is 0. The van der Waals surface area contributed by atoms with Crippen LogP contribution in [0.2, 0.25) is 0 Å². The maximum atomic E-state index is 12.5. The summed E-state index contributed by atoms with van der Waals surface area (Å²) in [4.78, 5) is -0.330. The number of aliphatic hydroxyl groups excluding tert-OH is 1. The molecule has 1 aromatic rings. The van der Waals surface area contributed by atoms with Crippen LogP contribution < -0.4 is 0 Å². The van der Waals surface area contributed by atoms with Crippen LogP contribution in [-0.2, 0) is 16.6 Å². The summed E-state index contributed by atoms with van der Waals surface area (Å²) in [6.07, 6.45) is -2.56. The molecule has 0 aliphatic heterocycles. The lowest BCUT2D eigenvalue weighted by atomic mass is 10.4. The van der Waals surface area contributed by atoms with E-state index in [1.54, 1.807) is 0 Å². The molecule has 0 spiro atoms. The Labute approximate surface area is 114 Å². The number of hydrogen-bond donors (Lipinski definition) is 1. The van der Waals surface area contributed by atoms with Crippen LogP contribution in [0.15, 0.2) is 17.3 Å². The Morgan fingerprint density at radius 1 is 1.45 bits per heavy atom. The minimum atomic E-state index is -4.63. The molecule has 1 rings (SSSR count). The van der Waals surface area contributed by atoms with Crippen molar-refractivity contribution in [3.63, 3.8) is 0 Å². The van der Waals surface area contributed by atoms with Crippen molar-refractivity contribution < 1.29 is 26.7 Å². The number of halogens is 3. The zero-order chi connectivity index (χ0) is 15.6. The molecule has 0 unspecified atom stereocenters. The number of nitrogens with zero attached hydrogens (tertiary/aromatic N) is 3. The maximum Gasteiger partial charge on any atom is 0.402 e. The molecule has 10 heteroatoms. The lowest BCUT2D eigenvalue weighted by Gasteiger charge is -2.26. The van der Waals surface area contributed by atoms with Crippen LogP contribution in [0.5, 0.6) is 0 Å². The van der Waals surface area contributed by atoms with Crippen molar-refractivity contribution in [2.24, 2.45) is 0 Å². The second-order valence-electron chi connectivity index (χ2n) is 4.42. The molecule has 0 aliphatic carbocycles. The van der Waals surface area contributed by atoms with Crippen LogP contribution in [0.3, 0.4) is 0 Å². The minimum absolute atomic E-state index is 0.0659. The fourth-order valence-corrected chi connectivity index (χ4v) is 3.14. The smallest absolute Gasteiger partial charge is 0.394 e. The summed E-state index contributed by atoms with van der Waals surface area (Å²) in [5, 5.41) is 12.4. The topological polar surface area (TPSA) is 75.4 Å². The summed E-state index contributed by atoms with van der Waals surface area (Å²) in [6.45, 7) is 0.981. The molecule has 0 saturated heterocycles. The van der Waals surface area contributed by atoms with E-state index in [9.17, 15) is 21.6 Å². The average molecular weight is 315 g/mol. The summed E-state index contributed by atoms with van der Waals surface area (Å²) in [6, 6.07) is -0.845. The number of sulfonamides is 1. The van der Waals surface area contributed by atoms with Crippen LogP contribution in [-0.4, -0.2) is 53.0 Å². The van der Waals surface area contributed by atoms with Crippen molar-refractivity contribution in [1.29, 1.82) is 0 Å². The van der Waals surface area contributed by atoms with E-state index in [-0.39, 0.29) is 18.0 Å². The van der Waals surface area contributed by atoms with Gasteiger partial charge in [-0.25, -0.2) is 8.42 Å². The molecule has 0 fully saturated rings. The Kier molecular flexibility index (Phi) is 5.16. The fourth-order valence-electron chi connectivity index (χ4n) is 1.56. The lowest BCUT2D eigenvalue weighted by Crippen LogP contribution is -2.43. The summed E-state index contributed by atoms with van der Waals surface area (Å²) in [5.74, 6) is 0. The minimum Gasteiger partial charge on any atom is -0.394 e. The molecular weight excluding hydrogens is 299 g/mol. The molecule has 0 bridgehead atoms. The third-order valence-corrected chi connectivity index (χ3v) is 4.43. The third-order valence-electron chi connectivity index (χ3n) is 2.46. The van der Waals surface area contributed by atoms with E-state index in [2.05, 4.69) is 5.10 Å². The SMILES string of the molecule is CC(C)N(CC(F)(F)F)S(=O)(=O)c1cnn(CCO)c1. The standard InChI is InChI=1S/C10H16F3N3O3S/c1-8(2)16(7-10(11,12)13)20(18,19)9-5-14-15(6-9)3-4-17/h5-6,8,17H,3-4,7H2,1-2H3. The molecule has 1 N–H and O–H groups in total. The van der Waals surface area contributed by atoms with Gasteiger partial charge in [0.1, 0.15) is 11.4 Å². The van der Waals surface area contributed by atoms with Crippen molar-refractivity contribution >= 4 is 10.0 Å². The highest BCUT2D eigenvalue weighted by atomic mass is 32.2. The molecule has 0 amide bonds. The van der Waals surface area contributed by atoms with Crippen molar-refractivity contribution in [3.8, 4) is 0 Å². The Balaban J connectivity index is 3.09. The zero-order valence-corrected chi connectivity index (χ0v) is 11.8. The molecule has 6 nitrogen and oxygen atoms in total. The van der Waals surface area contributed by atoms with Gasteiger partial charge in [-0.3, -0.25) is 4.68 Å². The molecule has 0 atom stereocenters. The van der Waals surface area contributed by atoms with E-state index in [0.717, 1.165) is 17.1 Å². The Morgan fingerprint density at radius 3 is 2.50 bits per heavy atom. The summed E-state index contributed by atoms with van der Waals surface area (Å²) in [5.41, 5.74) is 0. The van der Waals surface area contributed by atoms with Crippen molar-refractivity contribution in [2.75, 3.05) is 13.2 Å². The first kappa shape index (κ1) is 16.9. The molecule has 1 heterocycles. The van der Waals surface area contributed by atoms with Crippen LogP contribution in [0.4, 0.5) is 13.2 Å². The first-order valence-corrected chi connectivity index (χ1v) is 7.24. The van der Waals surface area contributed by atoms with Gasteiger partial charge in [0.05, 0.1) is 19.3 Å². The van der Waals surface area contributed by atoms with Gasteiger partial charge in [-0.2, -0.15) is 22.6 Å². The molecule has 1 aromatic heterocycles. The van der Waals surface area contributed by atoms with E-state index in [4.69, 9.17) is 5.11 Å². The number of alkyl halides is 3. The Bertz CT molecular complexity index is 539. The van der Waals surface area contributed by atoms with Crippen LogP contribution in [0.25, 0.3) is 0 Å². The predicted octanol–water partition coefficient (Wildman–Crippen LogP) is 0.837. The molecule has 0 aliphatic rings. The van der Waals surface area contributed by atoms with Crippen LogP contribution >= 0.6 is 0 Å². The van der Waals surface area contributed by atoms with Gasteiger partial charge in [0.25, 0.3) is 0 Å². The normalized spacial score (nSPS) is 13.4. The van der Waals surface area contributed by atoms with E-state index in [0.29, 0.717) is 4.31 Å². The summed E-state index contributed by atoms with van der Waals surface area (Å²) in [7, 11) is -4.28. The average Bonchev–Trinajstić information content (AvgIpc) is 2.74. The van der Waals surface area contributed by atoms with Crippen LogP contribution in [0.1, 0.15) is 13.8 Å². The van der Waals surface area contributed by atoms with Gasteiger partial charge in [-0.05, 0) is 13.8 Å². The molecule has 116 valence electrons. The third kappa shape index (κ3) is 4.18. The van der Waals surface area contributed by atoms with Gasteiger partial charge >= 0.3 is 6.18 Å².